The highest BCUT2D eigenvalue weighted by Gasteiger charge is 2.19. The van der Waals surface area contributed by atoms with Crippen molar-refractivity contribution in [3.63, 3.8) is 0 Å². The Morgan fingerprint density at radius 3 is 2.47 bits per heavy atom. The van der Waals surface area contributed by atoms with E-state index in [1.165, 1.54) is 6.07 Å². The van der Waals surface area contributed by atoms with Crippen molar-refractivity contribution < 1.29 is 13.2 Å². The molecule has 0 amide bonds. The molecule has 1 N–H and O–H groups in total. The first kappa shape index (κ1) is 12.0. The third kappa shape index (κ3) is 2.17. The summed E-state index contributed by atoms with van der Waals surface area (Å²) in [5.74, 6) is -0.326. The highest BCUT2D eigenvalue weighted by Crippen LogP contribution is 2.29. The maximum absolute atomic E-state index is 13.5. The van der Waals surface area contributed by atoms with E-state index in [0.717, 1.165) is 6.07 Å². The standard InChI is InChI=1S/C13H15F2NO/c1-7(2)12(16-3)11-5-8-4-9(14)6-10(15)13(8)17-11/h4-7,12,16H,1-3H3. The van der Waals surface area contributed by atoms with Crippen molar-refractivity contribution >= 4 is 11.0 Å². The van der Waals surface area contributed by atoms with Crippen LogP contribution in [0.15, 0.2) is 22.6 Å². The van der Waals surface area contributed by atoms with Crippen LogP contribution in [-0.2, 0) is 0 Å². The van der Waals surface area contributed by atoms with E-state index in [-0.39, 0.29) is 11.6 Å². The zero-order valence-electron chi connectivity index (χ0n) is 10.1. The summed E-state index contributed by atoms with van der Waals surface area (Å²) in [6, 6.07) is 3.78. The van der Waals surface area contributed by atoms with E-state index in [4.69, 9.17) is 4.42 Å². The van der Waals surface area contributed by atoms with E-state index in [1.807, 2.05) is 20.9 Å². The van der Waals surface area contributed by atoms with E-state index in [2.05, 4.69) is 5.32 Å². The fourth-order valence-corrected chi connectivity index (χ4v) is 2.05. The van der Waals surface area contributed by atoms with Crippen molar-refractivity contribution in [3.05, 3.63) is 35.6 Å². The van der Waals surface area contributed by atoms with Gasteiger partial charge < -0.3 is 9.73 Å². The number of benzene rings is 1. The first-order chi connectivity index (χ1) is 8.02. The van der Waals surface area contributed by atoms with Crippen LogP contribution in [0.4, 0.5) is 8.78 Å². The predicted molar refractivity (Wildman–Crippen MR) is 62.8 cm³/mol. The molecule has 1 aromatic heterocycles. The van der Waals surface area contributed by atoms with Crippen LogP contribution in [0.3, 0.4) is 0 Å². The molecule has 1 atom stereocenters. The average Bonchev–Trinajstić information content (AvgIpc) is 2.61. The maximum atomic E-state index is 13.5. The molecular weight excluding hydrogens is 224 g/mol. The van der Waals surface area contributed by atoms with Crippen LogP contribution in [0.25, 0.3) is 11.0 Å². The van der Waals surface area contributed by atoms with Gasteiger partial charge in [-0.05, 0) is 25.1 Å². The van der Waals surface area contributed by atoms with Gasteiger partial charge in [0.15, 0.2) is 11.4 Å². The summed E-state index contributed by atoms with van der Waals surface area (Å²) >= 11 is 0. The van der Waals surface area contributed by atoms with Crippen molar-refractivity contribution in [1.29, 1.82) is 0 Å². The van der Waals surface area contributed by atoms with Crippen LogP contribution in [0.5, 0.6) is 0 Å². The van der Waals surface area contributed by atoms with Crippen LogP contribution < -0.4 is 5.32 Å². The van der Waals surface area contributed by atoms with E-state index in [0.29, 0.717) is 17.1 Å². The Morgan fingerprint density at radius 1 is 1.18 bits per heavy atom. The molecule has 1 aromatic carbocycles. The second kappa shape index (κ2) is 4.45. The van der Waals surface area contributed by atoms with Gasteiger partial charge >= 0.3 is 0 Å². The monoisotopic (exact) mass is 239 g/mol. The lowest BCUT2D eigenvalue weighted by Gasteiger charge is -2.16. The molecule has 1 heterocycles. The van der Waals surface area contributed by atoms with E-state index in [1.54, 1.807) is 6.07 Å². The summed E-state index contributed by atoms with van der Waals surface area (Å²) in [5, 5.41) is 3.56. The lowest BCUT2D eigenvalue weighted by Crippen LogP contribution is -2.20. The van der Waals surface area contributed by atoms with Crippen LogP contribution in [0.1, 0.15) is 25.6 Å². The lowest BCUT2D eigenvalue weighted by molar-refractivity contribution is 0.367. The van der Waals surface area contributed by atoms with Gasteiger partial charge in [-0.2, -0.15) is 0 Å². The molecule has 0 saturated heterocycles. The first-order valence-corrected chi connectivity index (χ1v) is 5.58. The van der Waals surface area contributed by atoms with Crippen LogP contribution >= 0.6 is 0 Å². The topological polar surface area (TPSA) is 25.2 Å². The largest absolute Gasteiger partial charge is 0.456 e. The third-order valence-electron chi connectivity index (χ3n) is 2.84. The minimum atomic E-state index is -0.662. The molecule has 17 heavy (non-hydrogen) atoms. The minimum absolute atomic E-state index is 0.00939. The summed E-state index contributed by atoms with van der Waals surface area (Å²) < 4.78 is 32.0. The molecular formula is C13H15F2NO. The molecule has 0 aliphatic rings. The van der Waals surface area contributed by atoms with Gasteiger partial charge in [-0.25, -0.2) is 8.78 Å². The maximum Gasteiger partial charge on any atom is 0.170 e. The highest BCUT2D eigenvalue weighted by molar-refractivity contribution is 5.78. The first-order valence-electron chi connectivity index (χ1n) is 5.58. The van der Waals surface area contributed by atoms with Crippen molar-refractivity contribution in [2.24, 2.45) is 5.92 Å². The molecule has 92 valence electrons. The molecule has 2 nitrogen and oxygen atoms in total. The Hall–Kier alpha value is -1.42. The summed E-state index contributed by atoms with van der Waals surface area (Å²) in [6.07, 6.45) is 0. The van der Waals surface area contributed by atoms with Gasteiger partial charge in [-0.1, -0.05) is 13.8 Å². The van der Waals surface area contributed by atoms with Gasteiger partial charge in [0.25, 0.3) is 0 Å². The van der Waals surface area contributed by atoms with Gasteiger partial charge in [0.2, 0.25) is 0 Å². The third-order valence-corrected chi connectivity index (χ3v) is 2.84. The Kier molecular flexibility index (Phi) is 3.15. The zero-order chi connectivity index (χ0) is 12.6. The second-order valence-electron chi connectivity index (χ2n) is 4.47. The Morgan fingerprint density at radius 2 is 1.88 bits per heavy atom. The van der Waals surface area contributed by atoms with Crippen molar-refractivity contribution in [2.75, 3.05) is 7.05 Å². The molecule has 0 bridgehead atoms. The molecule has 0 spiro atoms. The Balaban J connectivity index is 2.54. The summed E-state index contributed by atoms with van der Waals surface area (Å²) in [5.41, 5.74) is 0.113. The van der Waals surface area contributed by atoms with Gasteiger partial charge in [-0.3, -0.25) is 0 Å². The van der Waals surface area contributed by atoms with Crippen LogP contribution in [0.2, 0.25) is 0 Å². The molecule has 0 saturated carbocycles. The average molecular weight is 239 g/mol. The summed E-state index contributed by atoms with van der Waals surface area (Å²) in [7, 11) is 1.81. The van der Waals surface area contributed by atoms with Gasteiger partial charge in [0.05, 0.1) is 6.04 Å². The van der Waals surface area contributed by atoms with Crippen LogP contribution in [-0.4, -0.2) is 7.05 Å². The molecule has 4 heteroatoms. The number of nitrogens with one attached hydrogen (secondary N) is 1. The minimum Gasteiger partial charge on any atom is -0.456 e. The van der Waals surface area contributed by atoms with E-state index < -0.39 is 11.6 Å². The molecule has 0 fully saturated rings. The smallest absolute Gasteiger partial charge is 0.170 e. The molecule has 2 aromatic rings. The normalized spacial score (nSPS) is 13.5. The zero-order valence-corrected chi connectivity index (χ0v) is 10.1. The summed E-state index contributed by atoms with van der Waals surface area (Å²) in [4.78, 5) is 0. The second-order valence-corrected chi connectivity index (χ2v) is 4.47. The molecule has 0 aliphatic carbocycles. The summed E-state index contributed by atoms with van der Waals surface area (Å²) in [6.45, 7) is 4.07. The van der Waals surface area contributed by atoms with Crippen molar-refractivity contribution in [2.45, 2.75) is 19.9 Å². The Labute approximate surface area is 98.6 Å². The molecule has 0 aliphatic heterocycles. The van der Waals surface area contributed by atoms with Crippen LogP contribution in [0, 0.1) is 17.6 Å². The van der Waals surface area contributed by atoms with Gasteiger partial charge in [-0.15, -0.1) is 0 Å². The SMILES string of the molecule is CNC(c1cc2cc(F)cc(F)c2o1)C(C)C. The van der Waals surface area contributed by atoms with E-state index >= 15 is 0 Å². The van der Waals surface area contributed by atoms with Crippen molar-refractivity contribution in [3.8, 4) is 0 Å². The fourth-order valence-electron chi connectivity index (χ4n) is 2.05. The van der Waals surface area contributed by atoms with Gasteiger partial charge in [0, 0.05) is 11.5 Å². The quantitative estimate of drug-likeness (QED) is 0.884. The van der Waals surface area contributed by atoms with E-state index in [9.17, 15) is 8.78 Å². The number of halogens is 2. The number of hydrogen-bond acceptors (Lipinski definition) is 2. The predicted octanol–water partition coefficient (Wildman–Crippen LogP) is 3.63. The fraction of sp³-hybridized carbons (Fsp3) is 0.385. The van der Waals surface area contributed by atoms with Crippen molar-refractivity contribution in [1.82, 2.24) is 5.32 Å². The highest BCUT2D eigenvalue weighted by atomic mass is 19.1. The number of hydrogen-bond donors (Lipinski definition) is 1. The van der Waals surface area contributed by atoms with Gasteiger partial charge in [0.1, 0.15) is 11.6 Å². The molecule has 1 unspecified atom stereocenters. The lowest BCUT2D eigenvalue weighted by atomic mass is 10.0. The molecule has 2 rings (SSSR count). The number of rotatable bonds is 3. The Bertz CT molecular complexity index is 533. The number of fused-ring (bicyclic) bond motifs is 1. The number of furan rings is 1. The molecule has 0 radical (unpaired) electrons.